The minimum atomic E-state index is 0. The van der Waals surface area contributed by atoms with Crippen molar-refractivity contribution < 1.29 is 56.8 Å². The van der Waals surface area contributed by atoms with Gasteiger partial charge in [0.2, 0.25) is 0 Å². The van der Waals surface area contributed by atoms with Crippen molar-refractivity contribution in [2.75, 3.05) is 39.6 Å². The van der Waals surface area contributed by atoms with Gasteiger partial charge in [0.25, 0.3) is 0 Å². The first kappa shape index (κ1) is 51.1. The fraction of sp³-hybridized carbons (Fsp3) is 1.00. The Morgan fingerprint density at radius 1 is 0.462 bits per heavy atom. The first-order valence-electron chi connectivity index (χ1n) is 9.08. The van der Waals surface area contributed by atoms with Crippen LogP contribution in [0.3, 0.4) is 0 Å². The third-order valence-corrected chi connectivity index (χ3v) is 1.30. The molecule has 0 aliphatic rings. The molecule has 0 bridgehead atoms. The molecule has 0 saturated carbocycles. The van der Waals surface area contributed by atoms with E-state index in [2.05, 4.69) is 0 Å². The topological polar surface area (TPSA) is 127 Å². The van der Waals surface area contributed by atoms with E-state index in [9.17, 15) is 10.2 Å². The number of hydrogen-bond donors (Lipinski definition) is 4. The zero-order valence-corrected chi connectivity index (χ0v) is 24.2. The summed E-state index contributed by atoms with van der Waals surface area (Å²) in [5.41, 5.74) is 0. The largest absolute Gasteiger partial charge is 2.00 e. The van der Waals surface area contributed by atoms with Crippen LogP contribution in [0.5, 0.6) is 0 Å². The number of aliphatic hydroxyl groups is 4. The van der Waals surface area contributed by atoms with Crippen LogP contribution >= 0.6 is 0 Å². The van der Waals surface area contributed by atoms with Crippen LogP contribution in [0.1, 0.15) is 80.1 Å². The van der Waals surface area contributed by atoms with Crippen LogP contribution < -0.4 is 10.2 Å². The number of aliphatic hydroxyl groups excluding tert-OH is 4. The van der Waals surface area contributed by atoms with Gasteiger partial charge in [-0.25, -0.2) is 0 Å². The molecule has 0 unspecified atom stereocenters. The SMILES string of the molecule is CCCO.CCCO.CCCO.CCCO.CCC[O-].CCC[O-].[Sr+2].[Zr]. The second-order valence-corrected chi connectivity index (χ2v) is 4.30. The molecule has 6 nitrogen and oxygen atoms in total. The average molecular weight is 537 g/mol. The van der Waals surface area contributed by atoms with Gasteiger partial charge in [-0.15, -0.1) is 13.2 Å². The molecule has 8 heteroatoms. The number of hydrogen-bond acceptors (Lipinski definition) is 6. The van der Waals surface area contributed by atoms with E-state index in [0.717, 1.165) is 38.5 Å². The zero-order chi connectivity index (χ0) is 20.5. The summed E-state index contributed by atoms with van der Waals surface area (Å²) in [7, 11) is 0. The van der Waals surface area contributed by atoms with Crippen LogP contribution in [-0.2, 0) is 26.2 Å². The minimum Gasteiger partial charge on any atom is -0.854 e. The molecular formula is C18H46O6SrZr. The molecule has 0 aromatic carbocycles. The van der Waals surface area contributed by atoms with Gasteiger partial charge in [0.1, 0.15) is 0 Å². The Labute approximate surface area is 219 Å². The molecule has 160 valence electrons. The van der Waals surface area contributed by atoms with E-state index < -0.39 is 0 Å². The van der Waals surface area contributed by atoms with Crippen molar-refractivity contribution in [3.05, 3.63) is 0 Å². The summed E-state index contributed by atoms with van der Waals surface area (Å²) in [5, 5.41) is 50.1. The van der Waals surface area contributed by atoms with Crippen molar-refractivity contribution in [1.29, 1.82) is 0 Å². The van der Waals surface area contributed by atoms with Crippen LogP contribution in [0.4, 0.5) is 0 Å². The van der Waals surface area contributed by atoms with E-state index in [0.29, 0.717) is 26.4 Å². The van der Waals surface area contributed by atoms with Crippen LogP contribution in [0.15, 0.2) is 0 Å². The van der Waals surface area contributed by atoms with E-state index in [4.69, 9.17) is 20.4 Å². The van der Waals surface area contributed by atoms with Gasteiger partial charge >= 0.3 is 45.5 Å². The summed E-state index contributed by atoms with van der Waals surface area (Å²) in [6, 6.07) is 0. The Hall–Kier alpha value is 2.12. The van der Waals surface area contributed by atoms with Crippen molar-refractivity contribution in [3.63, 3.8) is 0 Å². The molecule has 0 heterocycles. The Bertz CT molecular complexity index is 74.7. The van der Waals surface area contributed by atoms with Crippen LogP contribution in [0, 0.1) is 0 Å². The molecular weight excluding hydrogens is 491 g/mol. The summed E-state index contributed by atoms with van der Waals surface area (Å²) in [5.74, 6) is 0. The van der Waals surface area contributed by atoms with Gasteiger partial charge in [0.15, 0.2) is 0 Å². The molecule has 0 aromatic heterocycles. The Morgan fingerprint density at radius 2 is 0.538 bits per heavy atom. The predicted molar refractivity (Wildman–Crippen MR) is 106 cm³/mol. The van der Waals surface area contributed by atoms with Gasteiger partial charge in [-0.2, -0.15) is 0 Å². The monoisotopic (exact) mass is 536 g/mol. The first-order chi connectivity index (χ1) is 11.5. The van der Waals surface area contributed by atoms with Crippen LogP contribution in [0.25, 0.3) is 0 Å². The van der Waals surface area contributed by atoms with Gasteiger partial charge in [0, 0.05) is 52.6 Å². The molecule has 0 aromatic rings. The van der Waals surface area contributed by atoms with E-state index in [1.807, 2.05) is 41.5 Å². The van der Waals surface area contributed by atoms with Crippen molar-refractivity contribution >= 4 is 45.5 Å². The Morgan fingerprint density at radius 3 is 0.538 bits per heavy atom. The third kappa shape index (κ3) is 250. The van der Waals surface area contributed by atoms with E-state index >= 15 is 0 Å². The van der Waals surface area contributed by atoms with Crippen molar-refractivity contribution in [3.8, 4) is 0 Å². The molecule has 0 spiro atoms. The summed E-state index contributed by atoms with van der Waals surface area (Å²) in [6.45, 7) is 12.9. The second kappa shape index (κ2) is 92.8. The summed E-state index contributed by atoms with van der Waals surface area (Å²) in [4.78, 5) is 0. The fourth-order valence-corrected chi connectivity index (χ4v) is 0. The Balaban J connectivity index is -0.0000000245. The quantitative estimate of drug-likeness (QED) is 0.370. The van der Waals surface area contributed by atoms with E-state index in [-0.39, 0.29) is 84.9 Å². The molecule has 0 atom stereocenters. The maximum atomic E-state index is 9.30. The third-order valence-electron chi connectivity index (χ3n) is 1.30. The standard InChI is InChI=1S/4C3H8O.2C3H7O.Sr.Zr/c6*1-2-3-4;;/h4*4H,2-3H2,1H3;2*2-3H2,1H3;;/q;;;;2*-1;+2;. The fourth-order valence-electron chi connectivity index (χ4n) is 0. The van der Waals surface area contributed by atoms with Crippen molar-refractivity contribution in [2.24, 2.45) is 0 Å². The molecule has 26 heavy (non-hydrogen) atoms. The van der Waals surface area contributed by atoms with Crippen molar-refractivity contribution in [2.45, 2.75) is 80.1 Å². The maximum absolute atomic E-state index is 9.30. The van der Waals surface area contributed by atoms with Gasteiger partial charge in [-0.05, 0) is 25.7 Å². The second-order valence-electron chi connectivity index (χ2n) is 4.30. The summed E-state index contributed by atoms with van der Waals surface area (Å²) < 4.78 is 0. The summed E-state index contributed by atoms with van der Waals surface area (Å²) in [6.07, 6.45) is 5.03. The maximum Gasteiger partial charge on any atom is 2.00 e. The van der Waals surface area contributed by atoms with Crippen molar-refractivity contribution in [1.82, 2.24) is 0 Å². The molecule has 4 N–H and O–H groups in total. The normalized spacial score (nSPS) is 6.92. The molecule has 0 radical (unpaired) electrons. The van der Waals surface area contributed by atoms with Gasteiger partial charge in [0.05, 0.1) is 0 Å². The minimum absolute atomic E-state index is 0. The van der Waals surface area contributed by atoms with Gasteiger partial charge in [-0.1, -0.05) is 54.4 Å². The smallest absolute Gasteiger partial charge is 0.854 e. The molecule has 0 saturated heterocycles. The molecule has 0 aliphatic heterocycles. The van der Waals surface area contributed by atoms with Crippen LogP contribution in [-0.4, -0.2) is 106 Å². The van der Waals surface area contributed by atoms with E-state index in [1.165, 1.54) is 0 Å². The average Bonchev–Trinajstić information content (AvgIpc) is 2.68. The molecule has 0 amide bonds. The van der Waals surface area contributed by atoms with Crippen LogP contribution in [0.2, 0.25) is 0 Å². The van der Waals surface area contributed by atoms with E-state index in [1.54, 1.807) is 0 Å². The predicted octanol–water partition coefficient (Wildman–Crippen LogP) is 0.685. The Kier molecular flexibility index (Phi) is 182. The van der Waals surface area contributed by atoms with Gasteiger partial charge < -0.3 is 30.6 Å². The molecule has 0 rings (SSSR count). The summed E-state index contributed by atoms with van der Waals surface area (Å²) >= 11 is 0. The van der Waals surface area contributed by atoms with Gasteiger partial charge in [-0.3, -0.25) is 0 Å². The first-order valence-corrected chi connectivity index (χ1v) is 9.08. The molecule has 0 fully saturated rings. The molecule has 0 aliphatic carbocycles. The zero-order valence-electron chi connectivity index (χ0n) is 18.3. The number of rotatable bonds is 6.